The monoisotopic (exact) mass is 318 g/mol. The van der Waals surface area contributed by atoms with Crippen LogP contribution < -0.4 is 15.4 Å². The average molecular weight is 318 g/mol. The molecule has 1 fully saturated rings. The normalized spacial score (nSPS) is 19.9. The van der Waals surface area contributed by atoms with Gasteiger partial charge in [0, 0.05) is 24.0 Å². The molecule has 0 spiro atoms. The Kier molecular flexibility index (Phi) is 4.80. The predicted octanol–water partition coefficient (Wildman–Crippen LogP) is 2.65. The highest BCUT2D eigenvalue weighted by Crippen LogP contribution is 2.29. The van der Waals surface area contributed by atoms with Crippen LogP contribution in [0.5, 0.6) is 5.75 Å². The second kappa shape index (κ2) is 6.32. The summed E-state index contributed by atoms with van der Waals surface area (Å²) in [6.45, 7) is 9.88. The molecule has 1 saturated heterocycles. The van der Waals surface area contributed by atoms with Crippen molar-refractivity contribution >= 4 is 11.9 Å². The number of rotatable bonds is 3. The van der Waals surface area contributed by atoms with Crippen molar-refractivity contribution in [3.8, 4) is 5.75 Å². The van der Waals surface area contributed by atoms with Crippen molar-refractivity contribution in [1.82, 2.24) is 10.6 Å². The van der Waals surface area contributed by atoms with E-state index in [9.17, 15) is 9.59 Å². The fourth-order valence-electron chi connectivity index (χ4n) is 3.59. The van der Waals surface area contributed by atoms with Crippen LogP contribution in [0, 0.1) is 0 Å². The molecule has 0 saturated carbocycles. The van der Waals surface area contributed by atoms with Crippen LogP contribution in [0.3, 0.4) is 0 Å². The quantitative estimate of drug-likeness (QED) is 0.664. The molecule has 0 bridgehead atoms. The van der Waals surface area contributed by atoms with Crippen molar-refractivity contribution in [2.24, 2.45) is 0 Å². The lowest BCUT2D eigenvalue weighted by molar-refractivity contribution is -0.131. The summed E-state index contributed by atoms with van der Waals surface area (Å²) in [6.07, 6.45) is 1.69. The number of carbonyl (C=O) groups is 2. The lowest BCUT2D eigenvalue weighted by Crippen LogP contribution is -2.62. The molecule has 5 heteroatoms. The van der Waals surface area contributed by atoms with Gasteiger partial charge in [0.2, 0.25) is 0 Å². The molecule has 23 heavy (non-hydrogen) atoms. The summed E-state index contributed by atoms with van der Waals surface area (Å²) in [5.41, 5.74) is 0.293. The predicted molar refractivity (Wildman–Crippen MR) is 89.5 cm³/mol. The van der Waals surface area contributed by atoms with Crippen LogP contribution in [0.15, 0.2) is 24.3 Å². The molecule has 126 valence electrons. The van der Waals surface area contributed by atoms with Crippen LogP contribution in [0.1, 0.15) is 57.8 Å². The average Bonchev–Trinajstić information content (AvgIpc) is 2.34. The van der Waals surface area contributed by atoms with Gasteiger partial charge in [-0.3, -0.25) is 9.59 Å². The van der Waals surface area contributed by atoms with Crippen LogP contribution in [0.4, 0.5) is 0 Å². The zero-order valence-electron chi connectivity index (χ0n) is 14.5. The number of ether oxygens (including phenoxy) is 1. The maximum Gasteiger partial charge on any atom is 0.308 e. The maximum atomic E-state index is 12.6. The fraction of sp³-hybridized carbons (Fsp3) is 0.556. The van der Waals surface area contributed by atoms with E-state index < -0.39 is 5.97 Å². The summed E-state index contributed by atoms with van der Waals surface area (Å²) in [6, 6.07) is 6.88. The summed E-state index contributed by atoms with van der Waals surface area (Å²) < 4.78 is 5.13. The zero-order valence-corrected chi connectivity index (χ0v) is 14.5. The highest BCUT2D eigenvalue weighted by Gasteiger charge is 2.38. The fourth-order valence-corrected chi connectivity index (χ4v) is 3.59. The van der Waals surface area contributed by atoms with Crippen LogP contribution >= 0.6 is 0 Å². The molecule has 0 aromatic heterocycles. The molecule has 0 radical (unpaired) electrons. The van der Waals surface area contributed by atoms with Gasteiger partial charge in [-0.2, -0.15) is 0 Å². The van der Waals surface area contributed by atoms with Gasteiger partial charge in [0.05, 0.1) is 5.56 Å². The largest absolute Gasteiger partial charge is 0.426 e. The van der Waals surface area contributed by atoms with Crippen LogP contribution in [0.2, 0.25) is 0 Å². The highest BCUT2D eigenvalue weighted by molar-refractivity contribution is 5.97. The summed E-state index contributed by atoms with van der Waals surface area (Å²) in [5, 5.41) is 6.68. The van der Waals surface area contributed by atoms with Gasteiger partial charge in [0.1, 0.15) is 5.75 Å². The Morgan fingerprint density at radius 3 is 2.26 bits per heavy atom. The van der Waals surface area contributed by atoms with E-state index in [1.807, 2.05) is 0 Å². The Bertz CT molecular complexity index is 592. The number of piperidine rings is 1. The summed E-state index contributed by atoms with van der Waals surface area (Å²) in [5.74, 6) is -0.348. The maximum absolute atomic E-state index is 12.6. The van der Waals surface area contributed by atoms with E-state index in [1.54, 1.807) is 24.3 Å². The van der Waals surface area contributed by atoms with E-state index in [0.717, 1.165) is 12.8 Å². The second-order valence-electron chi connectivity index (χ2n) is 7.56. The number of benzene rings is 1. The smallest absolute Gasteiger partial charge is 0.308 e. The molecule has 1 aliphatic rings. The van der Waals surface area contributed by atoms with Gasteiger partial charge in [0.25, 0.3) is 5.91 Å². The Morgan fingerprint density at radius 2 is 1.70 bits per heavy atom. The van der Waals surface area contributed by atoms with Gasteiger partial charge in [0.15, 0.2) is 0 Å². The molecule has 1 heterocycles. The van der Waals surface area contributed by atoms with Crippen molar-refractivity contribution in [1.29, 1.82) is 0 Å². The molecule has 2 rings (SSSR count). The van der Waals surface area contributed by atoms with E-state index >= 15 is 0 Å². The van der Waals surface area contributed by atoms with Gasteiger partial charge in [-0.15, -0.1) is 0 Å². The number of amides is 1. The molecule has 2 N–H and O–H groups in total. The Labute approximate surface area is 137 Å². The van der Waals surface area contributed by atoms with E-state index in [4.69, 9.17) is 4.74 Å². The van der Waals surface area contributed by atoms with Crippen molar-refractivity contribution in [2.75, 3.05) is 0 Å². The van der Waals surface area contributed by atoms with Crippen molar-refractivity contribution in [3.05, 3.63) is 29.8 Å². The highest BCUT2D eigenvalue weighted by atomic mass is 16.5. The SMILES string of the molecule is CC(=O)Oc1ccccc1C(=O)NC1CC(C)(C)NC(C)(C)C1. The molecule has 1 aromatic rings. The van der Waals surface area contributed by atoms with Gasteiger partial charge >= 0.3 is 5.97 Å². The van der Waals surface area contributed by atoms with Gasteiger partial charge in [-0.05, 0) is 52.7 Å². The summed E-state index contributed by atoms with van der Waals surface area (Å²) in [4.78, 5) is 23.8. The number of nitrogens with one attached hydrogen (secondary N) is 2. The van der Waals surface area contributed by atoms with Gasteiger partial charge < -0.3 is 15.4 Å². The first kappa shape index (κ1) is 17.5. The molecule has 1 amide bonds. The molecule has 0 aliphatic carbocycles. The number of esters is 1. The van der Waals surface area contributed by atoms with E-state index in [2.05, 4.69) is 38.3 Å². The van der Waals surface area contributed by atoms with Crippen molar-refractivity contribution in [2.45, 2.75) is 64.6 Å². The minimum atomic E-state index is -0.436. The van der Waals surface area contributed by atoms with Crippen LogP contribution in [0.25, 0.3) is 0 Å². The van der Waals surface area contributed by atoms with E-state index in [0.29, 0.717) is 11.3 Å². The first-order chi connectivity index (χ1) is 10.6. The summed E-state index contributed by atoms with van der Waals surface area (Å²) >= 11 is 0. The molecule has 1 aromatic carbocycles. The first-order valence-corrected chi connectivity index (χ1v) is 7.96. The lowest BCUT2D eigenvalue weighted by Gasteiger charge is -2.46. The molecular weight excluding hydrogens is 292 g/mol. The number of carbonyl (C=O) groups excluding carboxylic acids is 2. The van der Waals surface area contributed by atoms with Crippen LogP contribution in [-0.4, -0.2) is 29.0 Å². The standard InChI is InChI=1S/C18H26N2O3/c1-12(21)23-15-9-7-6-8-14(15)16(22)19-13-10-17(2,3)20-18(4,5)11-13/h6-9,13,20H,10-11H2,1-5H3,(H,19,22). The van der Waals surface area contributed by atoms with Gasteiger partial charge in [-0.1, -0.05) is 12.1 Å². The van der Waals surface area contributed by atoms with Crippen molar-refractivity contribution in [3.63, 3.8) is 0 Å². The van der Waals surface area contributed by atoms with Crippen molar-refractivity contribution < 1.29 is 14.3 Å². The minimum Gasteiger partial charge on any atom is -0.426 e. The molecular formula is C18H26N2O3. The number of para-hydroxylation sites is 1. The molecule has 0 unspecified atom stereocenters. The molecule has 0 atom stereocenters. The number of hydrogen-bond donors (Lipinski definition) is 2. The topological polar surface area (TPSA) is 67.4 Å². The second-order valence-corrected chi connectivity index (χ2v) is 7.56. The molecule has 1 aliphatic heterocycles. The van der Waals surface area contributed by atoms with E-state index in [-0.39, 0.29) is 23.0 Å². The Hall–Kier alpha value is -1.88. The third-order valence-electron chi connectivity index (χ3n) is 3.91. The van der Waals surface area contributed by atoms with Gasteiger partial charge in [-0.25, -0.2) is 0 Å². The zero-order chi connectivity index (χ0) is 17.3. The molecule has 5 nitrogen and oxygen atoms in total. The third kappa shape index (κ3) is 4.79. The Balaban J connectivity index is 2.15. The summed E-state index contributed by atoms with van der Waals surface area (Å²) in [7, 11) is 0. The first-order valence-electron chi connectivity index (χ1n) is 7.96. The third-order valence-corrected chi connectivity index (χ3v) is 3.91. The lowest BCUT2D eigenvalue weighted by atomic mass is 9.79. The van der Waals surface area contributed by atoms with E-state index in [1.165, 1.54) is 6.92 Å². The Morgan fingerprint density at radius 1 is 1.13 bits per heavy atom. The van der Waals surface area contributed by atoms with Crippen LogP contribution in [-0.2, 0) is 4.79 Å². The minimum absolute atomic E-state index is 0.0465. The number of hydrogen-bond acceptors (Lipinski definition) is 4.